The molecule has 2 heterocycles. The van der Waals surface area contributed by atoms with E-state index in [4.69, 9.17) is 0 Å². The Kier molecular flexibility index (Phi) is 6.14. The normalized spacial score (nSPS) is 12.5. The van der Waals surface area contributed by atoms with Gasteiger partial charge >= 0.3 is 0 Å². The fourth-order valence-electron chi connectivity index (χ4n) is 3.46. The molecule has 0 saturated heterocycles. The van der Waals surface area contributed by atoms with Crippen LogP contribution in [0.4, 0.5) is 11.4 Å². The van der Waals surface area contributed by atoms with Crippen LogP contribution in [0, 0.1) is 6.92 Å². The Balaban J connectivity index is 1.33. The average molecular weight is 418 g/mol. The minimum absolute atomic E-state index is 0.00384. The summed E-state index contributed by atoms with van der Waals surface area (Å²) >= 11 is 1.68. The summed E-state index contributed by atoms with van der Waals surface area (Å²) in [5.41, 5.74) is 4.55. The van der Waals surface area contributed by atoms with Crippen LogP contribution >= 0.6 is 11.8 Å². The molecule has 2 amide bonds. The Morgan fingerprint density at radius 3 is 2.73 bits per heavy atom. The fraction of sp³-hybridized carbons (Fsp3) is 0.208. The lowest BCUT2D eigenvalue weighted by molar-refractivity contribution is -0.115. The van der Waals surface area contributed by atoms with E-state index in [1.807, 2.05) is 18.2 Å². The van der Waals surface area contributed by atoms with E-state index in [1.54, 1.807) is 41.2 Å². The maximum Gasteiger partial charge on any atom is 0.259 e. The molecular formula is C24H23N3O2S. The number of aryl methyl sites for hydroxylation is 1. The molecule has 2 aromatic carbocycles. The third-order valence-corrected chi connectivity index (χ3v) is 6.05. The molecule has 152 valence electrons. The largest absolute Gasteiger partial charge is 0.326 e. The summed E-state index contributed by atoms with van der Waals surface area (Å²) in [6, 6.07) is 17.6. The molecule has 1 aromatic heterocycles. The van der Waals surface area contributed by atoms with Crippen LogP contribution < -0.4 is 10.2 Å². The van der Waals surface area contributed by atoms with Crippen molar-refractivity contribution in [3.63, 3.8) is 0 Å². The van der Waals surface area contributed by atoms with Gasteiger partial charge in [0, 0.05) is 47.4 Å². The van der Waals surface area contributed by atoms with Crippen molar-refractivity contribution in [1.82, 2.24) is 4.98 Å². The summed E-state index contributed by atoms with van der Waals surface area (Å²) in [5, 5.41) is 2.98. The number of fused-ring (bicyclic) bond motifs is 1. The summed E-state index contributed by atoms with van der Waals surface area (Å²) in [6.07, 6.45) is 4.46. The Hall–Kier alpha value is -3.12. The molecule has 0 spiro atoms. The van der Waals surface area contributed by atoms with Crippen LogP contribution in [-0.4, -0.2) is 29.1 Å². The smallest absolute Gasteiger partial charge is 0.259 e. The second-order valence-electron chi connectivity index (χ2n) is 7.25. The first-order valence-electron chi connectivity index (χ1n) is 9.94. The summed E-state index contributed by atoms with van der Waals surface area (Å²) in [5.74, 6) is 0.676. The molecule has 1 N–H and O–H groups in total. The highest BCUT2D eigenvalue weighted by molar-refractivity contribution is 7.99. The molecule has 3 aromatic rings. The zero-order chi connectivity index (χ0) is 20.9. The molecule has 0 radical (unpaired) electrons. The number of amides is 2. The number of benzene rings is 2. The highest BCUT2D eigenvalue weighted by Crippen LogP contribution is 2.31. The molecule has 0 fully saturated rings. The monoisotopic (exact) mass is 417 g/mol. The first-order chi connectivity index (χ1) is 14.6. The van der Waals surface area contributed by atoms with Crippen molar-refractivity contribution in [3.05, 3.63) is 83.7 Å². The van der Waals surface area contributed by atoms with Gasteiger partial charge in [0.05, 0.1) is 5.56 Å². The van der Waals surface area contributed by atoms with Gasteiger partial charge in [0.2, 0.25) is 5.91 Å². The van der Waals surface area contributed by atoms with Gasteiger partial charge in [-0.1, -0.05) is 17.7 Å². The molecule has 0 unspecified atom stereocenters. The van der Waals surface area contributed by atoms with Gasteiger partial charge < -0.3 is 10.2 Å². The Bertz CT molecular complexity index is 1050. The maximum atomic E-state index is 12.7. The quantitative estimate of drug-likeness (QED) is 0.590. The number of hydrogen-bond acceptors (Lipinski definition) is 4. The molecule has 4 rings (SSSR count). The lowest BCUT2D eigenvalue weighted by atomic mass is 10.1. The van der Waals surface area contributed by atoms with Crippen LogP contribution in [0.15, 0.2) is 71.9 Å². The van der Waals surface area contributed by atoms with Crippen molar-refractivity contribution in [1.29, 1.82) is 0 Å². The zero-order valence-electron chi connectivity index (χ0n) is 16.8. The number of anilines is 2. The Labute approximate surface area is 180 Å². The number of rotatable bonds is 6. The Morgan fingerprint density at radius 1 is 1.13 bits per heavy atom. The van der Waals surface area contributed by atoms with Gasteiger partial charge in [0.1, 0.15) is 0 Å². The van der Waals surface area contributed by atoms with E-state index in [-0.39, 0.29) is 11.8 Å². The lowest BCUT2D eigenvalue weighted by Crippen LogP contribution is -2.28. The van der Waals surface area contributed by atoms with Crippen LogP contribution in [0.3, 0.4) is 0 Å². The van der Waals surface area contributed by atoms with E-state index in [2.05, 4.69) is 41.5 Å². The minimum Gasteiger partial charge on any atom is -0.326 e. The van der Waals surface area contributed by atoms with Gasteiger partial charge in [-0.3, -0.25) is 14.6 Å². The van der Waals surface area contributed by atoms with Crippen molar-refractivity contribution >= 4 is 35.0 Å². The molecule has 0 bridgehead atoms. The van der Waals surface area contributed by atoms with Crippen molar-refractivity contribution in [3.8, 4) is 0 Å². The molecule has 1 aliphatic rings. The highest BCUT2D eigenvalue weighted by Gasteiger charge is 2.26. The summed E-state index contributed by atoms with van der Waals surface area (Å²) in [7, 11) is 0. The van der Waals surface area contributed by atoms with Crippen molar-refractivity contribution in [2.24, 2.45) is 0 Å². The van der Waals surface area contributed by atoms with E-state index in [9.17, 15) is 9.59 Å². The number of hydrogen-bond donors (Lipinski definition) is 1. The van der Waals surface area contributed by atoms with Gasteiger partial charge in [-0.25, -0.2) is 0 Å². The van der Waals surface area contributed by atoms with Gasteiger partial charge in [0.25, 0.3) is 5.91 Å². The third-order valence-electron chi connectivity index (χ3n) is 5.03. The number of carbonyl (C=O) groups is 2. The zero-order valence-corrected chi connectivity index (χ0v) is 17.6. The number of carbonyl (C=O) groups excluding carboxylic acids is 2. The minimum atomic E-state index is -0.0493. The van der Waals surface area contributed by atoms with Crippen molar-refractivity contribution in [2.45, 2.75) is 24.7 Å². The molecular weight excluding hydrogens is 394 g/mol. The second-order valence-corrected chi connectivity index (χ2v) is 8.42. The average Bonchev–Trinajstić information content (AvgIpc) is 3.18. The topological polar surface area (TPSA) is 62.3 Å². The highest BCUT2D eigenvalue weighted by atomic mass is 32.2. The van der Waals surface area contributed by atoms with Crippen molar-refractivity contribution in [2.75, 3.05) is 22.5 Å². The van der Waals surface area contributed by atoms with Crippen LogP contribution in [0.1, 0.15) is 27.9 Å². The molecule has 30 heavy (non-hydrogen) atoms. The number of nitrogens with zero attached hydrogens (tertiary/aromatic N) is 2. The van der Waals surface area contributed by atoms with Gasteiger partial charge in [-0.15, -0.1) is 11.8 Å². The SMILES string of the molecule is Cc1ccc(SCCC(=O)Nc2ccc3c(c2)CCN3C(=O)c2cccnc2)cc1. The lowest BCUT2D eigenvalue weighted by Gasteiger charge is -2.17. The van der Waals surface area contributed by atoms with Crippen molar-refractivity contribution < 1.29 is 9.59 Å². The first kappa shape index (κ1) is 20.2. The number of nitrogens with one attached hydrogen (secondary N) is 1. The summed E-state index contributed by atoms with van der Waals surface area (Å²) in [4.78, 5) is 32.0. The molecule has 5 nitrogen and oxygen atoms in total. The van der Waals surface area contributed by atoms with Crippen LogP contribution in [0.2, 0.25) is 0 Å². The van der Waals surface area contributed by atoms with E-state index in [1.165, 1.54) is 10.5 Å². The maximum absolute atomic E-state index is 12.7. The third kappa shape index (κ3) is 4.71. The predicted octanol–water partition coefficient (Wildman–Crippen LogP) is 4.71. The van der Waals surface area contributed by atoms with E-state index in [0.29, 0.717) is 18.5 Å². The van der Waals surface area contributed by atoms with E-state index in [0.717, 1.165) is 29.1 Å². The number of thioether (sulfide) groups is 1. The fourth-order valence-corrected chi connectivity index (χ4v) is 4.31. The van der Waals surface area contributed by atoms with Crippen LogP contribution in [-0.2, 0) is 11.2 Å². The second kappa shape index (κ2) is 9.13. The number of aromatic nitrogens is 1. The van der Waals surface area contributed by atoms with Gasteiger partial charge in [0.15, 0.2) is 0 Å². The van der Waals surface area contributed by atoms with E-state index < -0.39 is 0 Å². The molecule has 0 atom stereocenters. The Morgan fingerprint density at radius 2 is 1.97 bits per heavy atom. The molecule has 1 aliphatic heterocycles. The van der Waals surface area contributed by atoms with Gasteiger partial charge in [-0.05, 0) is 61.4 Å². The van der Waals surface area contributed by atoms with Crippen LogP contribution in [0.5, 0.6) is 0 Å². The van der Waals surface area contributed by atoms with E-state index >= 15 is 0 Å². The molecule has 0 saturated carbocycles. The first-order valence-corrected chi connectivity index (χ1v) is 10.9. The number of pyridine rings is 1. The summed E-state index contributed by atoms with van der Waals surface area (Å²) < 4.78 is 0. The van der Waals surface area contributed by atoms with Crippen LogP contribution in [0.25, 0.3) is 0 Å². The predicted molar refractivity (Wildman–Crippen MR) is 121 cm³/mol. The van der Waals surface area contributed by atoms with Gasteiger partial charge in [-0.2, -0.15) is 0 Å². The molecule has 0 aliphatic carbocycles. The molecule has 6 heteroatoms. The summed E-state index contributed by atoms with van der Waals surface area (Å²) in [6.45, 7) is 2.69. The standard InChI is InChI=1S/C24H23N3O2S/c1-17-4-7-21(8-5-17)30-14-11-23(28)26-20-6-9-22-18(15-20)10-13-27(22)24(29)19-3-2-12-25-16-19/h2-9,12,15-16H,10-11,13-14H2,1H3,(H,26,28).